The molecule has 46 heavy (non-hydrogen) atoms. The fraction of sp³-hybridized carbons (Fsp3) is 0. The number of nitrogens with one attached hydrogen (secondary N) is 1. The van der Waals surface area contributed by atoms with Gasteiger partial charge in [-0.1, -0.05) is 127 Å². The molecule has 0 bridgehead atoms. The fourth-order valence-corrected chi connectivity index (χ4v) is 8.55. The first-order valence-corrected chi connectivity index (χ1v) is 16.6. The van der Waals surface area contributed by atoms with Crippen LogP contribution in [0.5, 0.6) is 0 Å². The lowest BCUT2D eigenvalue weighted by Gasteiger charge is -2.10. The number of thiophene rings is 1. The Morgan fingerprint density at radius 2 is 0.870 bits per heavy atom. The van der Waals surface area contributed by atoms with Crippen LogP contribution < -0.4 is 0 Å². The van der Waals surface area contributed by atoms with Crippen molar-refractivity contribution in [3.05, 3.63) is 158 Å². The molecule has 0 amide bonds. The molecule has 0 saturated carbocycles. The predicted octanol–water partition coefficient (Wildman–Crippen LogP) is 13.0. The van der Waals surface area contributed by atoms with E-state index in [0.717, 1.165) is 0 Å². The summed E-state index contributed by atoms with van der Waals surface area (Å²) in [6.45, 7) is 0. The summed E-state index contributed by atoms with van der Waals surface area (Å²) in [4.78, 5) is 3.90. The number of aromatic amines is 1. The first-order chi connectivity index (χ1) is 22.8. The molecule has 0 saturated heterocycles. The predicted molar refractivity (Wildman–Crippen MR) is 200 cm³/mol. The summed E-state index contributed by atoms with van der Waals surface area (Å²) >= 11 is 1.87. The summed E-state index contributed by atoms with van der Waals surface area (Å²) in [5.74, 6) is 0. The Balaban J connectivity index is 1.12. The highest BCUT2D eigenvalue weighted by Gasteiger charge is 2.16. The summed E-state index contributed by atoms with van der Waals surface area (Å²) in [6.07, 6.45) is 0. The minimum Gasteiger partial charge on any atom is -0.353 e. The molecule has 0 atom stereocenters. The van der Waals surface area contributed by atoms with E-state index in [4.69, 9.17) is 0 Å². The number of rotatable bonds is 3. The molecule has 0 radical (unpaired) electrons. The number of fused-ring (bicyclic) bond motifs is 11. The van der Waals surface area contributed by atoms with Crippen LogP contribution in [0.25, 0.3) is 96.9 Å². The zero-order valence-corrected chi connectivity index (χ0v) is 25.7. The van der Waals surface area contributed by atoms with Gasteiger partial charge in [0.25, 0.3) is 0 Å². The van der Waals surface area contributed by atoms with E-state index in [9.17, 15) is 0 Å². The second-order valence-electron chi connectivity index (χ2n) is 12.2. The minimum absolute atomic E-state index is 1.18. The van der Waals surface area contributed by atoms with Gasteiger partial charge in [-0.05, 0) is 74.3 Å². The van der Waals surface area contributed by atoms with E-state index in [1.807, 2.05) is 11.3 Å². The molecule has 0 spiro atoms. The Morgan fingerprint density at radius 3 is 1.65 bits per heavy atom. The zero-order valence-electron chi connectivity index (χ0n) is 24.9. The van der Waals surface area contributed by atoms with Gasteiger partial charge in [0.2, 0.25) is 0 Å². The van der Waals surface area contributed by atoms with E-state index >= 15 is 0 Å². The highest BCUT2D eigenvalue weighted by Crippen LogP contribution is 2.42. The number of para-hydroxylation sites is 1. The van der Waals surface area contributed by atoms with Crippen molar-refractivity contribution < 1.29 is 0 Å². The molecule has 0 fully saturated rings. The summed E-state index contributed by atoms with van der Waals surface area (Å²) in [7, 11) is 0. The van der Waals surface area contributed by atoms with Crippen LogP contribution >= 0.6 is 11.3 Å². The monoisotopic (exact) mass is 601 g/mol. The lowest BCUT2D eigenvalue weighted by Crippen LogP contribution is -1.85. The molecule has 10 aromatic rings. The number of hydrogen-bond donors (Lipinski definition) is 1. The van der Waals surface area contributed by atoms with Gasteiger partial charge in [0.05, 0.1) is 11.0 Å². The van der Waals surface area contributed by atoms with Crippen molar-refractivity contribution in [3.63, 3.8) is 0 Å². The van der Waals surface area contributed by atoms with Crippen molar-refractivity contribution in [2.24, 2.45) is 0 Å². The van der Waals surface area contributed by atoms with E-state index in [2.05, 4.69) is 163 Å². The summed E-state index contributed by atoms with van der Waals surface area (Å²) in [5.41, 5.74) is 9.72. The molecule has 8 aromatic carbocycles. The Kier molecular flexibility index (Phi) is 5.51. The normalized spacial score (nSPS) is 11.9. The molecule has 2 aromatic heterocycles. The molecule has 2 heteroatoms. The van der Waals surface area contributed by atoms with E-state index < -0.39 is 0 Å². The SMILES string of the molecule is c1cc(-c2cccc(-c3cccc4c3[nH]c3c5ccccc5c5ccccc5c43)c2)cc(-c2ccc3sc4ccccc4c3c2)c1. The third-order valence-corrected chi connectivity index (χ3v) is 10.7. The van der Waals surface area contributed by atoms with Gasteiger partial charge in [-0.3, -0.25) is 0 Å². The van der Waals surface area contributed by atoms with Gasteiger partial charge in [-0.25, -0.2) is 0 Å². The number of aromatic nitrogens is 1. The highest BCUT2D eigenvalue weighted by molar-refractivity contribution is 7.25. The maximum atomic E-state index is 3.90. The second-order valence-corrected chi connectivity index (χ2v) is 13.2. The molecule has 1 nitrogen and oxygen atoms in total. The third-order valence-electron chi connectivity index (χ3n) is 9.60. The van der Waals surface area contributed by atoms with Crippen LogP contribution in [0.4, 0.5) is 0 Å². The molecule has 2 heterocycles. The first kappa shape index (κ1) is 25.6. The van der Waals surface area contributed by atoms with Crippen molar-refractivity contribution in [2.75, 3.05) is 0 Å². The minimum atomic E-state index is 1.18. The number of hydrogen-bond acceptors (Lipinski definition) is 1. The average Bonchev–Trinajstić information content (AvgIpc) is 3.71. The maximum Gasteiger partial charge on any atom is 0.0551 e. The Bertz CT molecular complexity index is 2810. The molecule has 0 aliphatic rings. The average molecular weight is 602 g/mol. The van der Waals surface area contributed by atoms with Crippen LogP contribution in [-0.2, 0) is 0 Å². The van der Waals surface area contributed by atoms with Crippen LogP contribution in [0.3, 0.4) is 0 Å². The molecular weight excluding hydrogens is 575 g/mol. The smallest absolute Gasteiger partial charge is 0.0551 e. The zero-order chi connectivity index (χ0) is 30.2. The van der Waals surface area contributed by atoms with Crippen LogP contribution in [0.2, 0.25) is 0 Å². The van der Waals surface area contributed by atoms with Gasteiger partial charge in [0, 0.05) is 41.9 Å². The largest absolute Gasteiger partial charge is 0.353 e. The van der Waals surface area contributed by atoms with Gasteiger partial charge in [0.1, 0.15) is 0 Å². The fourth-order valence-electron chi connectivity index (χ4n) is 7.46. The summed E-state index contributed by atoms with van der Waals surface area (Å²) < 4.78 is 2.67. The van der Waals surface area contributed by atoms with Gasteiger partial charge in [0.15, 0.2) is 0 Å². The quantitative estimate of drug-likeness (QED) is 0.194. The Hall–Kier alpha value is -5.70. The van der Waals surface area contributed by atoms with E-state index in [0.29, 0.717) is 0 Å². The van der Waals surface area contributed by atoms with E-state index in [-0.39, 0.29) is 0 Å². The highest BCUT2D eigenvalue weighted by atomic mass is 32.1. The Labute approximate surface area is 270 Å². The van der Waals surface area contributed by atoms with Crippen LogP contribution in [0.15, 0.2) is 158 Å². The summed E-state index contributed by atoms with van der Waals surface area (Å²) in [5, 5.41) is 10.4. The van der Waals surface area contributed by atoms with Crippen LogP contribution in [0.1, 0.15) is 0 Å². The lowest BCUT2D eigenvalue weighted by molar-refractivity contribution is 1.54. The van der Waals surface area contributed by atoms with Crippen molar-refractivity contribution in [1.82, 2.24) is 4.98 Å². The van der Waals surface area contributed by atoms with Gasteiger partial charge in [-0.2, -0.15) is 0 Å². The van der Waals surface area contributed by atoms with E-state index in [1.54, 1.807) is 0 Å². The lowest BCUT2D eigenvalue weighted by atomic mass is 9.94. The van der Waals surface area contributed by atoms with Crippen molar-refractivity contribution >= 4 is 74.9 Å². The topological polar surface area (TPSA) is 15.8 Å². The molecule has 10 rings (SSSR count). The molecule has 0 unspecified atom stereocenters. The third kappa shape index (κ3) is 3.81. The Morgan fingerprint density at radius 1 is 0.326 bits per heavy atom. The first-order valence-electron chi connectivity index (χ1n) is 15.8. The number of benzene rings is 8. The standard InChI is InChI=1S/C44H27NS/c1-3-17-36-33(14-1)34-15-2-4-18-37(34)44-42(36)38-20-9-19-32(43(38)45-44)31-13-8-12-29(25-31)27-10-7-11-28(24-27)30-22-23-41-39(26-30)35-16-5-6-21-40(35)46-41/h1-26,45H. The van der Waals surface area contributed by atoms with Gasteiger partial charge >= 0.3 is 0 Å². The molecule has 0 aliphatic heterocycles. The van der Waals surface area contributed by atoms with Gasteiger partial charge < -0.3 is 4.98 Å². The molecular formula is C44H27NS. The van der Waals surface area contributed by atoms with Crippen molar-refractivity contribution in [2.45, 2.75) is 0 Å². The second kappa shape index (κ2) is 9.90. The molecule has 214 valence electrons. The summed E-state index contributed by atoms with van der Waals surface area (Å²) in [6, 6.07) is 57.8. The molecule has 1 N–H and O–H groups in total. The van der Waals surface area contributed by atoms with Crippen molar-refractivity contribution in [1.29, 1.82) is 0 Å². The van der Waals surface area contributed by atoms with Gasteiger partial charge in [-0.15, -0.1) is 11.3 Å². The molecule has 0 aliphatic carbocycles. The van der Waals surface area contributed by atoms with Crippen LogP contribution in [-0.4, -0.2) is 4.98 Å². The maximum absolute atomic E-state index is 3.90. The number of H-pyrrole nitrogens is 1. The van der Waals surface area contributed by atoms with Crippen LogP contribution in [0, 0.1) is 0 Å². The van der Waals surface area contributed by atoms with Crippen molar-refractivity contribution in [3.8, 4) is 33.4 Å². The van der Waals surface area contributed by atoms with E-state index in [1.165, 1.54) is 96.9 Å².